The highest BCUT2D eigenvalue weighted by molar-refractivity contribution is 5.91. The van der Waals surface area contributed by atoms with Crippen molar-refractivity contribution in [3.05, 3.63) is 150 Å². The Hall–Kier alpha value is -6.02. The zero-order valence-corrected chi connectivity index (χ0v) is 26.4. The topological polar surface area (TPSA) is 89.5 Å². The van der Waals surface area contributed by atoms with Gasteiger partial charge in [0.2, 0.25) is 0 Å². The third-order valence-corrected chi connectivity index (χ3v) is 7.29. The normalized spacial score (nSPS) is 10.4. The van der Waals surface area contributed by atoms with E-state index in [1.54, 1.807) is 88.1 Å². The van der Waals surface area contributed by atoms with Gasteiger partial charge in [-0.05, 0) is 121 Å². The van der Waals surface area contributed by atoms with Gasteiger partial charge in [0.15, 0.2) is 0 Å². The van der Waals surface area contributed by atoms with E-state index in [1.807, 2.05) is 48.5 Å². The van der Waals surface area contributed by atoms with Crippen LogP contribution in [0.15, 0.2) is 122 Å². The number of hydrogen-bond donors (Lipinski definition) is 0. The molecule has 238 valence electrons. The third kappa shape index (κ3) is 8.79. The smallest absolute Gasteiger partial charge is 0.343 e. The summed E-state index contributed by atoms with van der Waals surface area (Å²) >= 11 is 0. The van der Waals surface area contributed by atoms with Crippen LogP contribution in [-0.2, 0) is 12.8 Å². The Morgan fingerprint density at radius 2 is 0.830 bits per heavy atom. The Morgan fingerprint density at radius 1 is 0.447 bits per heavy atom. The molecule has 8 heteroatoms. The van der Waals surface area contributed by atoms with Gasteiger partial charge in [0, 0.05) is 11.6 Å². The van der Waals surface area contributed by atoms with E-state index in [1.165, 1.54) is 0 Å². The number of aryl methyl sites for hydroxylation is 2. The first-order valence-corrected chi connectivity index (χ1v) is 14.8. The van der Waals surface area contributed by atoms with Crippen LogP contribution in [0.5, 0.6) is 34.5 Å². The number of rotatable bonds is 13. The zero-order chi connectivity index (χ0) is 33.2. The molecule has 0 bridgehead atoms. The average Bonchev–Trinajstić information content (AvgIpc) is 3.11. The first kappa shape index (κ1) is 32.4. The highest BCUT2D eigenvalue weighted by Gasteiger charge is 2.14. The van der Waals surface area contributed by atoms with Gasteiger partial charge in [-0.1, -0.05) is 18.7 Å². The summed E-state index contributed by atoms with van der Waals surface area (Å²) in [4.78, 5) is 25.5. The third-order valence-electron chi connectivity index (χ3n) is 7.29. The first-order chi connectivity index (χ1) is 22.8. The van der Waals surface area contributed by atoms with Crippen LogP contribution in [0.3, 0.4) is 0 Å². The summed E-state index contributed by atoms with van der Waals surface area (Å²) in [6, 6.07) is 33.5. The molecule has 0 heterocycles. The van der Waals surface area contributed by atoms with Gasteiger partial charge < -0.3 is 28.4 Å². The SMILES string of the molecule is C=C(Oc1cc(CCc2ccc(OC(=O)c3ccc(OC)cc3)cc2)cc(OC(=O)c2ccc(OC)cc2)c1)c1ccc(OC)cc1. The molecular weight excluding hydrogens is 596 g/mol. The Balaban J connectivity index is 1.29. The minimum Gasteiger partial charge on any atom is -0.497 e. The van der Waals surface area contributed by atoms with E-state index in [9.17, 15) is 9.59 Å². The lowest BCUT2D eigenvalue weighted by molar-refractivity contribution is 0.0725. The van der Waals surface area contributed by atoms with Crippen molar-refractivity contribution in [3.8, 4) is 34.5 Å². The number of benzene rings is 5. The number of methoxy groups -OCH3 is 3. The molecule has 0 aliphatic carbocycles. The standard InChI is InChI=1S/C39H34O8/c1-26(29-9-17-32(42-2)18-10-29)45-36-23-28(24-37(25-36)47-39(41)31-13-21-34(44-4)22-14-31)6-5-27-7-15-35(16-8-27)46-38(40)30-11-19-33(43-3)20-12-30/h7-25H,1,5-6H2,2-4H3. The molecule has 0 spiro atoms. The van der Waals surface area contributed by atoms with Crippen molar-refractivity contribution < 1.29 is 38.0 Å². The molecule has 8 nitrogen and oxygen atoms in total. The second kappa shape index (κ2) is 15.3. The Kier molecular flexibility index (Phi) is 10.5. The fraction of sp³-hybridized carbons (Fsp3) is 0.128. The molecule has 0 radical (unpaired) electrons. The van der Waals surface area contributed by atoms with Crippen molar-refractivity contribution in [2.45, 2.75) is 12.8 Å². The summed E-state index contributed by atoms with van der Waals surface area (Å²) < 4.78 is 33.0. The van der Waals surface area contributed by atoms with Crippen LogP contribution in [0.2, 0.25) is 0 Å². The highest BCUT2D eigenvalue weighted by Crippen LogP contribution is 2.29. The van der Waals surface area contributed by atoms with Crippen molar-refractivity contribution in [1.29, 1.82) is 0 Å². The number of esters is 2. The number of carbonyl (C=O) groups is 2. The molecule has 5 aromatic rings. The molecule has 47 heavy (non-hydrogen) atoms. The van der Waals surface area contributed by atoms with Gasteiger partial charge in [-0.3, -0.25) is 0 Å². The number of carbonyl (C=O) groups excluding carboxylic acids is 2. The molecule has 0 unspecified atom stereocenters. The molecule has 0 fully saturated rings. The van der Waals surface area contributed by atoms with Crippen molar-refractivity contribution in [3.63, 3.8) is 0 Å². The van der Waals surface area contributed by atoms with E-state index < -0.39 is 11.9 Å². The maximum absolute atomic E-state index is 13.0. The number of ether oxygens (including phenoxy) is 6. The molecular formula is C39H34O8. The second-order valence-electron chi connectivity index (χ2n) is 10.4. The van der Waals surface area contributed by atoms with Crippen LogP contribution in [0.25, 0.3) is 5.76 Å². The fourth-order valence-corrected chi connectivity index (χ4v) is 4.67. The van der Waals surface area contributed by atoms with E-state index in [2.05, 4.69) is 6.58 Å². The zero-order valence-electron chi connectivity index (χ0n) is 26.4. The molecule has 5 aromatic carbocycles. The minimum absolute atomic E-state index is 0.335. The summed E-state index contributed by atoms with van der Waals surface area (Å²) in [5, 5.41) is 0. The lowest BCUT2D eigenvalue weighted by Crippen LogP contribution is -2.09. The maximum Gasteiger partial charge on any atom is 0.343 e. The van der Waals surface area contributed by atoms with Gasteiger partial charge in [0.1, 0.15) is 40.3 Å². The van der Waals surface area contributed by atoms with Gasteiger partial charge in [0.05, 0.1) is 32.5 Å². The Morgan fingerprint density at radius 3 is 1.30 bits per heavy atom. The van der Waals surface area contributed by atoms with Crippen LogP contribution in [0.1, 0.15) is 37.4 Å². The van der Waals surface area contributed by atoms with Gasteiger partial charge in [-0.25, -0.2) is 9.59 Å². The van der Waals surface area contributed by atoms with Gasteiger partial charge in [-0.15, -0.1) is 0 Å². The van der Waals surface area contributed by atoms with Crippen LogP contribution in [0.4, 0.5) is 0 Å². The maximum atomic E-state index is 13.0. The average molecular weight is 631 g/mol. The quantitative estimate of drug-likeness (QED) is 0.0735. The molecule has 0 amide bonds. The van der Waals surface area contributed by atoms with E-state index in [-0.39, 0.29) is 0 Å². The van der Waals surface area contributed by atoms with Crippen molar-refractivity contribution >= 4 is 17.7 Å². The minimum atomic E-state index is -0.510. The molecule has 0 aromatic heterocycles. The molecule has 0 saturated carbocycles. The molecule has 0 aliphatic heterocycles. The lowest BCUT2D eigenvalue weighted by atomic mass is 10.0. The van der Waals surface area contributed by atoms with E-state index in [0.29, 0.717) is 58.5 Å². The van der Waals surface area contributed by atoms with Crippen LogP contribution in [0, 0.1) is 0 Å². The number of hydrogen-bond acceptors (Lipinski definition) is 8. The largest absolute Gasteiger partial charge is 0.497 e. The van der Waals surface area contributed by atoms with Crippen molar-refractivity contribution in [2.75, 3.05) is 21.3 Å². The molecule has 0 aliphatic rings. The predicted octanol–water partition coefficient (Wildman–Crippen LogP) is 7.99. The molecule has 0 atom stereocenters. The highest BCUT2D eigenvalue weighted by atomic mass is 16.5. The Bertz CT molecular complexity index is 1750. The van der Waals surface area contributed by atoms with Crippen LogP contribution < -0.4 is 28.4 Å². The second-order valence-corrected chi connectivity index (χ2v) is 10.4. The summed E-state index contributed by atoms with van der Waals surface area (Å²) in [7, 11) is 4.74. The monoisotopic (exact) mass is 630 g/mol. The van der Waals surface area contributed by atoms with Gasteiger partial charge in [0.25, 0.3) is 0 Å². The predicted molar refractivity (Wildman–Crippen MR) is 179 cm³/mol. The van der Waals surface area contributed by atoms with Gasteiger partial charge in [-0.2, -0.15) is 0 Å². The van der Waals surface area contributed by atoms with E-state index in [0.717, 1.165) is 22.4 Å². The van der Waals surface area contributed by atoms with Crippen LogP contribution >= 0.6 is 0 Å². The van der Waals surface area contributed by atoms with Crippen LogP contribution in [-0.4, -0.2) is 33.3 Å². The summed E-state index contributed by atoms with van der Waals surface area (Å²) in [5.41, 5.74) is 3.50. The summed E-state index contributed by atoms with van der Waals surface area (Å²) in [6.45, 7) is 4.09. The summed E-state index contributed by atoms with van der Waals surface area (Å²) in [6.07, 6.45) is 1.28. The van der Waals surface area contributed by atoms with Crippen molar-refractivity contribution in [1.82, 2.24) is 0 Å². The lowest BCUT2D eigenvalue weighted by Gasteiger charge is -2.14. The van der Waals surface area contributed by atoms with Crippen molar-refractivity contribution in [2.24, 2.45) is 0 Å². The summed E-state index contributed by atoms with van der Waals surface area (Å²) in [5.74, 6) is 2.73. The fourth-order valence-electron chi connectivity index (χ4n) is 4.67. The molecule has 0 N–H and O–H groups in total. The molecule has 5 rings (SSSR count). The Labute approximate surface area is 273 Å². The van der Waals surface area contributed by atoms with Gasteiger partial charge >= 0.3 is 11.9 Å². The molecule has 0 saturated heterocycles. The van der Waals surface area contributed by atoms with E-state index >= 15 is 0 Å². The van der Waals surface area contributed by atoms with E-state index in [4.69, 9.17) is 28.4 Å². The first-order valence-electron chi connectivity index (χ1n) is 14.8.